The number of nitrogens with two attached hydrogens (primary N) is 1. The zero-order valence-electron chi connectivity index (χ0n) is 12.5. The molecule has 1 aromatic carbocycles. The van der Waals surface area contributed by atoms with Crippen LogP contribution in [0.1, 0.15) is 18.1 Å². The van der Waals surface area contributed by atoms with E-state index in [4.69, 9.17) is 5.73 Å². The zero-order chi connectivity index (χ0) is 15.4. The highest BCUT2D eigenvalue weighted by atomic mass is 16.1. The number of allylic oxidation sites excluding steroid dienone is 5. The minimum atomic E-state index is 0.00202. The molecule has 0 spiro atoms. The van der Waals surface area contributed by atoms with Crippen LogP contribution in [0.25, 0.3) is 16.6 Å². The van der Waals surface area contributed by atoms with Gasteiger partial charge in [-0.1, -0.05) is 24.8 Å². The van der Waals surface area contributed by atoms with E-state index in [9.17, 15) is 4.79 Å². The van der Waals surface area contributed by atoms with Crippen LogP contribution in [-0.4, -0.2) is 4.57 Å². The minimum absolute atomic E-state index is 0.00202. The lowest BCUT2D eigenvalue weighted by Crippen LogP contribution is -2.17. The van der Waals surface area contributed by atoms with Crippen molar-refractivity contribution in [3.05, 3.63) is 76.6 Å². The molecule has 0 bridgehead atoms. The molecule has 1 heterocycles. The van der Waals surface area contributed by atoms with E-state index in [1.165, 1.54) is 0 Å². The molecule has 108 valence electrons. The molecule has 0 aliphatic carbocycles. The van der Waals surface area contributed by atoms with Crippen molar-refractivity contribution in [2.45, 2.75) is 20.4 Å². The Labute approximate surface area is 124 Å². The van der Waals surface area contributed by atoms with Crippen LogP contribution in [0.4, 0.5) is 0 Å². The third kappa shape index (κ3) is 2.88. The third-order valence-electron chi connectivity index (χ3n) is 3.36. The standard InChI is InChI=1S/C18H20N2O/c1-4-6-15(7-5-2)20-12-14(11-19)18(21)16-9-8-13(3)10-17(16)20/h4-10,12H,1,11,19H2,2-3H3/b7-5-,15-6+. The van der Waals surface area contributed by atoms with Crippen molar-refractivity contribution in [1.29, 1.82) is 0 Å². The Morgan fingerprint density at radius 2 is 2.19 bits per heavy atom. The van der Waals surface area contributed by atoms with Gasteiger partial charge in [-0.05, 0) is 43.7 Å². The van der Waals surface area contributed by atoms with E-state index in [2.05, 4.69) is 6.58 Å². The summed E-state index contributed by atoms with van der Waals surface area (Å²) in [5.41, 5.74) is 9.25. The van der Waals surface area contributed by atoms with E-state index < -0.39 is 0 Å². The fourth-order valence-electron chi connectivity index (χ4n) is 2.36. The molecule has 0 unspecified atom stereocenters. The fraction of sp³-hybridized carbons (Fsp3) is 0.167. The molecule has 2 rings (SSSR count). The quantitative estimate of drug-likeness (QED) is 0.873. The van der Waals surface area contributed by atoms with Crippen molar-refractivity contribution in [1.82, 2.24) is 4.57 Å². The van der Waals surface area contributed by atoms with Crippen LogP contribution in [0.2, 0.25) is 0 Å². The van der Waals surface area contributed by atoms with E-state index in [0.29, 0.717) is 10.9 Å². The summed E-state index contributed by atoms with van der Waals surface area (Å²) in [7, 11) is 0. The SMILES string of the molecule is C=C/C=C(\C=C/C)n1cc(CN)c(=O)c2ccc(C)cc21. The van der Waals surface area contributed by atoms with Gasteiger partial charge in [0.15, 0.2) is 5.43 Å². The van der Waals surface area contributed by atoms with E-state index in [1.54, 1.807) is 6.08 Å². The molecule has 0 amide bonds. The van der Waals surface area contributed by atoms with Gasteiger partial charge >= 0.3 is 0 Å². The summed E-state index contributed by atoms with van der Waals surface area (Å²) in [5.74, 6) is 0. The summed E-state index contributed by atoms with van der Waals surface area (Å²) in [5, 5.41) is 0.683. The van der Waals surface area contributed by atoms with Crippen LogP contribution in [0.5, 0.6) is 0 Å². The number of aryl methyl sites for hydroxylation is 1. The Balaban J connectivity index is 2.92. The second kappa shape index (κ2) is 6.37. The first-order valence-electron chi connectivity index (χ1n) is 6.93. The maximum atomic E-state index is 12.4. The minimum Gasteiger partial charge on any atom is -0.326 e. The van der Waals surface area contributed by atoms with E-state index in [1.807, 2.05) is 61.0 Å². The summed E-state index contributed by atoms with van der Waals surface area (Å²) in [6.07, 6.45) is 9.40. The number of hydrogen-bond acceptors (Lipinski definition) is 2. The van der Waals surface area contributed by atoms with Crippen LogP contribution >= 0.6 is 0 Å². The maximum absolute atomic E-state index is 12.4. The summed E-state index contributed by atoms with van der Waals surface area (Å²) < 4.78 is 1.99. The van der Waals surface area contributed by atoms with Crippen LogP contribution in [-0.2, 0) is 6.54 Å². The summed E-state index contributed by atoms with van der Waals surface area (Å²) in [4.78, 5) is 12.4. The Hall–Kier alpha value is -2.39. The van der Waals surface area contributed by atoms with Crippen LogP contribution in [0, 0.1) is 6.92 Å². The largest absolute Gasteiger partial charge is 0.326 e. The molecule has 0 fully saturated rings. The van der Waals surface area contributed by atoms with E-state index in [-0.39, 0.29) is 12.0 Å². The monoisotopic (exact) mass is 280 g/mol. The molecule has 0 radical (unpaired) electrons. The molecule has 0 aliphatic rings. The third-order valence-corrected chi connectivity index (χ3v) is 3.36. The van der Waals surface area contributed by atoms with Crippen LogP contribution in [0.15, 0.2) is 60.1 Å². The first-order chi connectivity index (χ1) is 10.1. The maximum Gasteiger partial charge on any atom is 0.193 e. The number of nitrogens with zero attached hydrogens (tertiary/aromatic N) is 1. The predicted molar refractivity (Wildman–Crippen MR) is 90.1 cm³/mol. The molecule has 0 atom stereocenters. The summed E-state index contributed by atoms with van der Waals surface area (Å²) >= 11 is 0. The molecule has 1 aromatic heterocycles. The lowest BCUT2D eigenvalue weighted by Gasteiger charge is -2.14. The fourth-order valence-corrected chi connectivity index (χ4v) is 2.36. The highest BCUT2D eigenvalue weighted by Crippen LogP contribution is 2.19. The van der Waals surface area contributed by atoms with Crippen molar-refractivity contribution < 1.29 is 0 Å². The molecule has 0 saturated carbocycles. The average molecular weight is 280 g/mol. The number of rotatable bonds is 4. The Morgan fingerprint density at radius 1 is 1.43 bits per heavy atom. The second-order valence-corrected chi connectivity index (χ2v) is 4.91. The predicted octanol–water partition coefficient (Wildman–Crippen LogP) is 3.37. The van der Waals surface area contributed by atoms with Gasteiger partial charge in [-0.25, -0.2) is 0 Å². The Bertz CT molecular complexity index is 795. The second-order valence-electron chi connectivity index (χ2n) is 4.91. The zero-order valence-corrected chi connectivity index (χ0v) is 12.5. The van der Waals surface area contributed by atoms with Gasteiger partial charge in [0.2, 0.25) is 0 Å². The van der Waals surface area contributed by atoms with Gasteiger partial charge in [0.05, 0.1) is 5.52 Å². The molecular weight excluding hydrogens is 260 g/mol. The summed E-state index contributed by atoms with van der Waals surface area (Å²) in [6.45, 7) is 7.94. The number of hydrogen-bond donors (Lipinski definition) is 1. The van der Waals surface area contributed by atoms with E-state index in [0.717, 1.165) is 16.8 Å². The normalized spacial score (nSPS) is 12.2. The summed E-state index contributed by atoms with van der Waals surface area (Å²) in [6, 6.07) is 5.82. The van der Waals surface area contributed by atoms with Gasteiger partial charge in [0, 0.05) is 29.4 Å². The number of benzene rings is 1. The molecule has 3 nitrogen and oxygen atoms in total. The molecule has 0 saturated heterocycles. The van der Waals surface area contributed by atoms with Crippen molar-refractivity contribution in [3.63, 3.8) is 0 Å². The van der Waals surface area contributed by atoms with Gasteiger partial charge in [0.25, 0.3) is 0 Å². The Kier molecular flexibility index (Phi) is 4.55. The molecule has 2 aromatic rings. The lowest BCUT2D eigenvalue weighted by molar-refractivity contribution is 1.01. The van der Waals surface area contributed by atoms with Gasteiger partial charge < -0.3 is 10.3 Å². The first kappa shape index (κ1) is 15.0. The van der Waals surface area contributed by atoms with Gasteiger partial charge in [-0.15, -0.1) is 0 Å². The van der Waals surface area contributed by atoms with Crippen molar-refractivity contribution >= 4 is 16.6 Å². The van der Waals surface area contributed by atoms with Crippen molar-refractivity contribution in [2.75, 3.05) is 0 Å². The molecule has 2 N–H and O–H groups in total. The van der Waals surface area contributed by atoms with Crippen molar-refractivity contribution in [3.8, 4) is 0 Å². The van der Waals surface area contributed by atoms with Crippen molar-refractivity contribution in [2.24, 2.45) is 5.73 Å². The molecule has 0 aliphatic heterocycles. The van der Waals surface area contributed by atoms with Crippen LogP contribution in [0.3, 0.4) is 0 Å². The molecular formula is C18H20N2O. The highest BCUT2D eigenvalue weighted by Gasteiger charge is 2.09. The van der Waals surface area contributed by atoms with Gasteiger partial charge in [0.1, 0.15) is 0 Å². The van der Waals surface area contributed by atoms with Crippen LogP contribution < -0.4 is 11.2 Å². The average Bonchev–Trinajstić information content (AvgIpc) is 2.47. The topological polar surface area (TPSA) is 48.0 Å². The lowest BCUT2D eigenvalue weighted by atomic mass is 10.1. The first-order valence-corrected chi connectivity index (χ1v) is 6.93. The van der Waals surface area contributed by atoms with Gasteiger partial charge in [-0.3, -0.25) is 4.79 Å². The Morgan fingerprint density at radius 3 is 2.81 bits per heavy atom. The number of pyridine rings is 1. The number of fused-ring (bicyclic) bond motifs is 1. The smallest absolute Gasteiger partial charge is 0.193 e. The molecule has 3 heteroatoms. The highest BCUT2D eigenvalue weighted by molar-refractivity contribution is 5.84. The number of aromatic nitrogens is 1. The molecule has 21 heavy (non-hydrogen) atoms. The van der Waals surface area contributed by atoms with Gasteiger partial charge in [-0.2, -0.15) is 0 Å². The van der Waals surface area contributed by atoms with E-state index >= 15 is 0 Å².